The number of hydrogen-bond donors (Lipinski definition) is 2. The van der Waals surface area contributed by atoms with Crippen molar-refractivity contribution < 1.29 is 9.72 Å². The first-order valence-corrected chi connectivity index (χ1v) is 9.98. The van der Waals surface area contributed by atoms with E-state index >= 15 is 0 Å². The van der Waals surface area contributed by atoms with E-state index in [9.17, 15) is 14.9 Å². The molecule has 0 aliphatic rings. The molecule has 0 bridgehead atoms. The van der Waals surface area contributed by atoms with Gasteiger partial charge in [-0.05, 0) is 30.2 Å². The Balaban J connectivity index is 1.52. The zero-order valence-corrected chi connectivity index (χ0v) is 17.4. The molecule has 8 heteroatoms. The third kappa shape index (κ3) is 4.65. The van der Waals surface area contributed by atoms with Crippen molar-refractivity contribution in [2.45, 2.75) is 13.5 Å². The predicted molar refractivity (Wildman–Crippen MR) is 125 cm³/mol. The molecule has 0 fully saturated rings. The lowest BCUT2D eigenvalue weighted by Gasteiger charge is -2.06. The van der Waals surface area contributed by atoms with Crippen molar-refractivity contribution >= 4 is 34.5 Å². The third-order valence-corrected chi connectivity index (χ3v) is 5.06. The van der Waals surface area contributed by atoms with E-state index in [0.29, 0.717) is 12.2 Å². The number of carbonyl (C=O) groups excluding carboxylic acids is 1. The second-order valence-electron chi connectivity index (χ2n) is 7.30. The Kier molecular flexibility index (Phi) is 5.94. The Morgan fingerprint density at radius 3 is 2.69 bits per heavy atom. The zero-order chi connectivity index (χ0) is 22.5. The smallest absolute Gasteiger partial charge is 0.339 e. The third-order valence-electron chi connectivity index (χ3n) is 5.06. The van der Waals surface area contributed by atoms with E-state index in [1.54, 1.807) is 18.3 Å². The minimum absolute atomic E-state index is 0.0598. The summed E-state index contributed by atoms with van der Waals surface area (Å²) in [4.78, 5) is 22.8. The summed E-state index contributed by atoms with van der Waals surface area (Å²) in [6, 6.07) is 21.4. The Labute approximate surface area is 184 Å². The number of fused-ring (bicyclic) bond motifs is 1. The van der Waals surface area contributed by atoms with Crippen molar-refractivity contribution in [1.29, 1.82) is 0 Å². The lowest BCUT2D eigenvalue weighted by atomic mass is 10.2. The fourth-order valence-electron chi connectivity index (χ4n) is 3.50. The maximum Gasteiger partial charge on any atom is 0.339 e. The van der Waals surface area contributed by atoms with Crippen molar-refractivity contribution in [3.63, 3.8) is 0 Å². The van der Waals surface area contributed by atoms with Crippen LogP contribution in [0.3, 0.4) is 0 Å². The van der Waals surface area contributed by atoms with Gasteiger partial charge in [-0.25, -0.2) is 10.2 Å². The van der Waals surface area contributed by atoms with Crippen LogP contribution in [0, 0.1) is 17.0 Å². The number of amides is 2. The van der Waals surface area contributed by atoms with Gasteiger partial charge in [-0.2, -0.15) is 5.10 Å². The molecule has 0 aliphatic heterocycles. The highest BCUT2D eigenvalue weighted by molar-refractivity contribution is 6.00. The normalized spacial score (nSPS) is 11.0. The number of nitrogens with one attached hydrogen (secondary N) is 2. The predicted octanol–water partition coefficient (Wildman–Crippen LogP) is 5.06. The van der Waals surface area contributed by atoms with Crippen molar-refractivity contribution in [2.75, 3.05) is 5.32 Å². The molecule has 2 amide bonds. The van der Waals surface area contributed by atoms with Crippen LogP contribution in [0.5, 0.6) is 0 Å². The SMILES string of the molecule is Cc1ccccc1NC(=O)NN=Cc1cn(Cc2cccc([N+](=O)[O-])c2)c2ccccc12. The molecule has 160 valence electrons. The van der Waals surface area contributed by atoms with Crippen LogP contribution in [-0.2, 0) is 6.54 Å². The quantitative estimate of drug-likeness (QED) is 0.255. The molecule has 0 saturated carbocycles. The van der Waals surface area contributed by atoms with Crippen molar-refractivity contribution in [1.82, 2.24) is 9.99 Å². The number of anilines is 1. The molecule has 1 heterocycles. The fourth-order valence-corrected chi connectivity index (χ4v) is 3.50. The number of urea groups is 1. The number of hydrazone groups is 1. The van der Waals surface area contributed by atoms with Gasteiger partial charge in [-0.3, -0.25) is 10.1 Å². The van der Waals surface area contributed by atoms with Crippen LogP contribution in [0.25, 0.3) is 10.9 Å². The summed E-state index contributed by atoms with van der Waals surface area (Å²) in [5.41, 5.74) is 6.82. The van der Waals surface area contributed by atoms with E-state index in [2.05, 4.69) is 15.8 Å². The topological polar surface area (TPSA) is 102 Å². The Morgan fingerprint density at radius 1 is 1.09 bits per heavy atom. The number of aryl methyl sites for hydroxylation is 1. The zero-order valence-electron chi connectivity index (χ0n) is 17.4. The van der Waals surface area contributed by atoms with Gasteiger partial charge >= 0.3 is 6.03 Å². The summed E-state index contributed by atoms with van der Waals surface area (Å²) < 4.78 is 2.00. The van der Waals surface area contributed by atoms with E-state index in [1.165, 1.54) is 6.07 Å². The monoisotopic (exact) mass is 427 g/mol. The van der Waals surface area contributed by atoms with Crippen LogP contribution < -0.4 is 10.7 Å². The average Bonchev–Trinajstić information content (AvgIpc) is 3.13. The molecule has 4 aromatic rings. The van der Waals surface area contributed by atoms with Gasteiger partial charge in [0, 0.05) is 47.0 Å². The molecule has 0 saturated heterocycles. The maximum atomic E-state index is 12.2. The molecule has 0 atom stereocenters. The minimum atomic E-state index is -0.434. The summed E-state index contributed by atoms with van der Waals surface area (Å²) in [6.45, 7) is 2.38. The van der Waals surface area contributed by atoms with Gasteiger partial charge in [0.1, 0.15) is 0 Å². The lowest BCUT2D eigenvalue weighted by molar-refractivity contribution is -0.384. The summed E-state index contributed by atoms with van der Waals surface area (Å²) in [5.74, 6) is 0. The summed E-state index contributed by atoms with van der Waals surface area (Å²) in [5, 5.41) is 18.9. The first kappa shape index (κ1) is 20.8. The molecule has 8 nitrogen and oxygen atoms in total. The van der Waals surface area contributed by atoms with Crippen molar-refractivity contribution in [2.24, 2.45) is 5.10 Å². The Bertz CT molecular complexity index is 1330. The first-order valence-electron chi connectivity index (χ1n) is 9.98. The van der Waals surface area contributed by atoms with Crippen LogP contribution in [0.1, 0.15) is 16.7 Å². The van der Waals surface area contributed by atoms with Crippen molar-refractivity contribution in [3.8, 4) is 0 Å². The van der Waals surface area contributed by atoms with E-state index in [-0.39, 0.29) is 5.69 Å². The molecule has 0 spiro atoms. The van der Waals surface area contributed by atoms with E-state index in [1.807, 2.05) is 72.3 Å². The van der Waals surface area contributed by atoms with Crippen LogP contribution >= 0.6 is 0 Å². The van der Waals surface area contributed by atoms with E-state index in [0.717, 1.165) is 27.6 Å². The van der Waals surface area contributed by atoms with Gasteiger partial charge in [0.25, 0.3) is 5.69 Å². The van der Waals surface area contributed by atoms with Gasteiger partial charge in [0.05, 0.1) is 11.1 Å². The van der Waals surface area contributed by atoms with Crippen LogP contribution in [-0.4, -0.2) is 21.7 Å². The minimum Gasteiger partial charge on any atom is -0.342 e. The molecule has 1 aromatic heterocycles. The van der Waals surface area contributed by atoms with Gasteiger partial charge in [0.15, 0.2) is 0 Å². The van der Waals surface area contributed by atoms with E-state index in [4.69, 9.17) is 0 Å². The molecule has 4 rings (SSSR count). The molecule has 0 aliphatic carbocycles. The number of para-hydroxylation sites is 2. The number of benzene rings is 3. The fraction of sp³-hybridized carbons (Fsp3) is 0.0833. The molecule has 0 radical (unpaired) electrons. The van der Waals surface area contributed by atoms with Crippen molar-refractivity contribution in [3.05, 3.63) is 106 Å². The average molecular weight is 427 g/mol. The number of nitro benzene ring substituents is 1. The first-order chi connectivity index (χ1) is 15.5. The number of nitro groups is 1. The number of aromatic nitrogens is 1. The van der Waals surface area contributed by atoms with Gasteiger partial charge in [-0.15, -0.1) is 0 Å². The van der Waals surface area contributed by atoms with Gasteiger partial charge in [-0.1, -0.05) is 48.5 Å². The molecular weight excluding hydrogens is 406 g/mol. The maximum absolute atomic E-state index is 12.2. The Hall–Kier alpha value is -4.46. The molecule has 0 unspecified atom stereocenters. The number of hydrogen-bond acceptors (Lipinski definition) is 4. The second-order valence-corrected chi connectivity index (χ2v) is 7.30. The number of nitrogens with zero attached hydrogens (tertiary/aromatic N) is 3. The summed E-state index contributed by atoms with van der Waals surface area (Å²) >= 11 is 0. The number of rotatable bonds is 6. The Morgan fingerprint density at radius 2 is 1.88 bits per heavy atom. The van der Waals surface area contributed by atoms with Crippen LogP contribution in [0.15, 0.2) is 84.1 Å². The molecule has 2 N–H and O–H groups in total. The highest BCUT2D eigenvalue weighted by Gasteiger charge is 2.10. The van der Waals surface area contributed by atoms with E-state index < -0.39 is 11.0 Å². The standard InChI is InChI=1S/C24H21N5O3/c1-17-7-2-4-11-22(17)26-24(30)27-25-14-19-16-28(23-12-5-3-10-21(19)23)15-18-8-6-9-20(13-18)29(31)32/h2-14,16H,15H2,1H3,(H2,26,27,30). The van der Waals surface area contributed by atoms with Gasteiger partial charge < -0.3 is 9.88 Å². The number of non-ortho nitro benzene ring substituents is 1. The van der Waals surface area contributed by atoms with Gasteiger partial charge in [0.2, 0.25) is 0 Å². The lowest BCUT2D eigenvalue weighted by Crippen LogP contribution is -2.24. The summed E-state index contributed by atoms with van der Waals surface area (Å²) in [7, 11) is 0. The highest BCUT2D eigenvalue weighted by Crippen LogP contribution is 2.22. The molecular formula is C24H21N5O3. The number of carbonyl (C=O) groups is 1. The largest absolute Gasteiger partial charge is 0.342 e. The summed E-state index contributed by atoms with van der Waals surface area (Å²) in [6.07, 6.45) is 3.50. The highest BCUT2D eigenvalue weighted by atomic mass is 16.6. The van der Waals surface area contributed by atoms with Crippen LogP contribution in [0.4, 0.5) is 16.2 Å². The van der Waals surface area contributed by atoms with Crippen LogP contribution in [0.2, 0.25) is 0 Å². The second kappa shape index (κ2) is 9.13. The molecule has 3 aromatic carbocycles. The molecule has 32 heavy (non-hydrogen) atoms.